The van der Waals surface area contributed by atoms with E-state index in [1.54, 1.807) is 5.57 Å². The average molecular weight is 892 g/mol. The Bertz CT molecular complexity index is 1300. The molecule has 5 nitrogen and oxygen atoms in total. The van der Waals surface area contributed by atoms with Gasteiger partial charge in [-0.3, -0.25) is 0 Å². The Labute approximate surface area is 397 Å². The highest BCUT2D eigenvalue weighted by Crippen LogP contribution is 2.67. The zero-order valence-electron chi connectivity index (χ0n) is 43.2. The summed E-state index contributed by atoms with van der Waals surface area (Å²) < 4.78 is 25.3. The maximum atomic E-state index is 6.53. The van der Waals surface area contributed by atoms with E-state index < -0.39 is 0 Å². The molecule has 0 radical (unpaired) electrons. The largest absolute Gasteiger partial charge is 0.379 e. The van der Waals surface area contributed by atoms with Crippen LogP contribution in [0.1, 0.15) is 221 Å². The molecule has 5 heteroatoms. The number of nitrogens with zero attached hydrogens (tertiary/aromatic N) is 1. The molecule has 1 aliphatic heterocycles. The summed E-state index contributed by atoms with van der Waals surface area (Å²) in [6.45, 7) is 22.5. The van der Waals surface area contributed by atoms with E-state index in [2.05, 4.69) is 76.8 Å². The summed E-state index contributed by atoms with van der Waals surface area (Å²) in [6, 6.07) is 0. The van der Waals surface area contributed by atoms with Crippen LogP contribution in [0.4, 0.5) is 0 Å². The number of fused-ring (bicyclic) bond motifs is 5. The number of hydrogen-bond acceptors (Lipinski definition) is 5. The van der Waals surface area contributed by atoms with Crippen LogP contribution < -0.4 is 0 Å². The predicted octanol–water partition coefficient (Wildman–Crippen LogP) is 15.9. The molecule has 370 valence electrons. The van der Waals surface area contributed by atoms with Crippen LogP contribution in [0, 0.1) is 46.3 Å². The smallest absolute Gasteiger partial charge is 0.0936 e. The second-order valence-electron chi connectivity index (χ2n) is 22.9. The van der Waals surface area contributed by atoms with Crippen LogP contribution >= 0.6 is 0 Å². The Balaban J connectivity index is 0.893. The van der Waals surface area contributed by atoms with Crippen molar-refractivity contribution in [1.29, 1.82) is 0 Å². The van der Waals surface area contributed by atoms with Gasteiger partial charge in [-0.15, -0.1) is 0 Å². The van der Waals surface area contributed by atoms with Crippen molar-refractivity contribution in [3.8, 4) is 0 Å². The van der Waals surface area contributed by atoms with Gasteiger partial charge in [-0.2, -0.15) is 0 Å². The summed E-state index contributed by atoms with van der Waals surface area (Å²) >= 11 is 0. The quantitative estimate of drug-likeness (QED) is 0.0475. The molecule has 4 fully saturated rings. The normalized spacial score (nSPS) is 29.6. The molecule has 5 aliphatic rings. The Hall–Kier alpha value is -0.980. The topological polar surface area (TPSA) is 40.2 Å². The number of hydrogen-bond donors (Lipinski definition) is 0. The average Bonchev–Trinajstić information content (AvgIpc) is 3.65. The molecule has 0 amide bonds. The molecule has 1 saturated heterocycles. The minimum Gasteiger partial charge on any atom is -0.379 e. The lowest BCUT2D eigenvalue weighted by Crippen LogP contribution is -2.51. The van der Waals surface area contributed by atoms with Crippen molar-refractivity contribution in [2.75, 3.05) is 59.3 Å². The van der Waals surface area contributed by atoms with Gasteiger partial charge in [0.25, 0.3) is 0 Å². The fourth-order valence-electron chi connectivity index (χ4n) is 13.8. The second-order valence-corrected chi connectivity index (χ2v) is 22.9. The molecule has 0 aromatic heterocycles. The van der Waals surface area contributed by atoms with E-state index in [1.807, 2.05) is 0 Å². The molecule has 1 unspecified atom stereocenters. The third kappa shape index (κ3) is 17.8. The molecule has 3 saturated carbocycles. The molecule has 0 bridgehead atoms. The van der Waals surface area contributed by atoms with Crippen LogP contribution in [0.2, 0.25) is 0 Å². The number of likely N-dealkylation sites (tertiary alicyclic amines) is 1. The number of allylic oxidation sites excluding steroid dienone is 5. The predicted molar refractivity (Wildman–Crippen MR) is 273 cm³/mol. The Kier molecular flexibility index (Phi) is 25.7. The van der Waals surface area contributed by atoms with Crippen LogP contribution in [0.15, 0.2) is 36.0 Å². The summed E-state index contributed by atoms with van der Waals surface area (Å²) in [5.74, 6) is 5.37. The van der Waals surface area contributed by atoms with Crippen molar-refractivity contribution < 1.29 is 18.9 Å². The zero-order valence-corrected chi connectivity index (χ0v) is 43.2. The first-order chi connectivity index (χ1) is 31.2. The molecule has 0 spiro atoms. The van der Waals surface area contributed by atoms with Crippen LogP contribution in [0.25, 0.3) is 0 Å². The maximum absolute atomic E-state index is 6.53. The van der Waals surface area contributed by atoms with Gasteiger partial charge in [-0.05, 0) is 162 Å². The number of ether oxygens (including phenoxy) is 4. The molecule has 0 N–H and O–H groups in total. The molecule has 9 atom stereocenters. The van der Waals surface area contributed by atoms with Gasteiger partial charge in [-0.25, -0.2) is 0 Å². The van der Waals surface area contributed by atoms with Gasteiger partial charge in [0.1, 0.15) is 0 Å². The van der Waals surface area contributed by atoms with Gasteiger partial charge in [0.15, 0.2) is 0 Å². The van der Waals surface area contributed by atoms with Crippen molar-refractivity contribution >= 4 is 0 Å². The molecular formula is C59H105NO4. The highest BCUT2D eigenvalue weighted by Gasteiger charge is 2.59. The van der Waals surface area contributed by atoms with E-state index in [4.69, 9.17) is 18.9 Å². The van der Waals surface area contributed by atoms with Gasteiger partial charge in [-0.1, -0.05) is 155 Å². The fraction of sp³-hybridized carbons (Fsp3) is 0.898. The van der Waals surface area contributed by atoms with Crippen molar-refractivity contribution in [2.45, 2.75) is 234 Å². The first kappa shape index (κ1) is 54.0. The fourth-order valence-corrected chi connectivity index (χ4v) is 13.8. The van der Waals surface area contributed by atoms with Crippen LogP contribution in [-0.4, -0.2) is 76.4 Å². The second kappa shape index (κ2) is 30.5. The van der Waals surface area contributed by atoms with Crippen molar-refractivity contribution in [2.24, 2.45) is 46.3 Å². The van der Waals surface area contributed by atoms with E-state index in [9.17, 15) is 0 Å². The first-order valence-electron chi connectivity index (χ1n) is 28.3. The molecule has 0 aromatic carbocycles. The highest BCUT2D eigenvalue weighted by molar-refractivity contribution is 5.25. The van der Waals surface area contributed by atoms with Gasteiger partial charge in [0.05, 0.1) is 45.2 Å². The Morgan fingerprint density at radius 3 is 2.16 bits per heavy atom. The molecule has 1 heterocycles. The maximum Gasteiger partial charge on any atom is 0.0936 e. The molecule has 64 heavy (non-hydrogen) atoms. The summed E-state index contributed by atoms with van der Waals surface area (Å²) in [5, 5.41) is 0. The summed E-state index contributed by atoms with van der Waals surface area (Å²) in [7, 11) is 0. The third-order valence-corrected chi connectivity index (χ3v) is 17.6. The van der Waals surface area contributed by atoms with E-state index in [0.29, 0.717) is 50.0 Å². The number of piperidine rings is 1. The minimum atomic E-state index is 0.121. The molecule has 5 rings (SSSR count). The third-order valence-electron chi connectivity index (χ3n) is 17.6. The summed E-state index contributed by atoms with van der Waals surface area (Å²) in [5.41, 5.74) is 2.69. The van der Waals surface area contributed by atoms with Crippen LogP contribution in [-0.2, 0) is 18.9 Å². The van der Waals surface area contributed by atoms with E-state index in [1.165, 1.54) is 174 Å². The summed E-state index contributed by atoms with van der Waals surface area (Å²) in [4.78, 5) is 2.58. The van der Waals surface area contributed by atoms with Crippen molar-refractivity contribution in [3.63, 3.8) is 0 Å². The van der Waals surface area contributed by atoms with Gasteiger partial charge < -0.3 is 23.8 Å². The number of rotatable bonds is 34. The van der Waals surface area contributed by atoms with E-state index >= 15 is 0 Å². The lowest BCUT2D eigenvalue weighted by molar-refractivity contribution is -0.0737. The van der Waals surface area contributed by atoms with Crippen LogP contribution in [0.5, 0.6) is 0 Å². The number of unbranched alkanes of at least 4 members (excludes halogenated alkanes) is 11. The monoisotopic (exact) mass is 892 g/mol. The van der Waals surface area contributed by atoms with Gasteiger partial charge in [0.2, 0.25) is 0 Å². The lowest BCUT2D eigenvalue weighted by Gasteiger charge is -2.58. The van der Waals surface area contributed by atoms with Crippen LogP contribution in [0.3, 0.4) is 0 Å². The van der Waals surface area contributed by atoms with Crippen molar-refractivity contribution in [1.82, 2.24) is 4.90 Å². The van der Waals surface area contributed by atoms with Gasteiger partial charge in [0, 0.05) is 13.2 Å². The highest BCUT2D eigenvalue weighted by atomic mass is 16.6. The lowest BCUT2D eigenvalue weighted by atomic mass is 9.47. The SMILES string of the molecule is CCCCCC=CCC=CCCCCCCCCCCOCC(CN1CCCCC1)OCCOCCO[C@H]1CC[C@@]2(C)C(=CC[C@H]3[C@@H]4CC[C@H]([C@H](C)CCCC(C)C)[C@@]4(C)CC[C@@H]32)C1. The summed E-state index contributed by atoms with van der Waals surface area (Å²) in [6.07, 6.45) is 49.9. The molecular weight excluding hydrogens is 787 g/mol. The standard InChI is InChI=1S/C59H105NO4/c1-7-8-9-10-11-12-13-14-15-16-17-18-19-20-21-22-23-27-41-62-48-53(47-60-39-25-24-26-40-60)64-45-43-61-42-44-63-52-35-37-58(5)51(46-52)31-32-54-56-34-33-55(50(4)30-28-29-49(2)3)59(56,6)38-36-57(54)58/h11-12,14-15,31,49-50,52-57H,7-10,13,16-30,32-48H2,1-6H3/t50-,52+,53?,54+,55-,56+,57+,58+,59-/m1/s1. The Morgan fingerprint density at radius 1 is 0.688 bits per heavy atom. The van der Waals surface area contributed by atoms with Crippen molar-refractivity contribution in [3.05, 3.63) is 36.0 Å². The molecule has 4 aliphatic carbocycles. The zero-order chi connectivity index (χ0) is 45.3. The van der Waals surface area contributed by atoms with Gasteiger partial charge >= 0.3 is 0 Å². The minimum absolute atomic E-state index is 0.121. The Morgan fingerprint density at radius 2 is 1.41 bits per heavy atom. The first-order valence-corrected chi connectivity index (χ1v) is 28.3. The molecule has 0 aromatic rings. The van der Waals surface area contributed by atoms with E-state index in [-0.39, 0.29) is 6.10 Å². The van der Waals surface area contributed by atoms with E-state index in [0.717, 1.165) is 67.9 Å².